The lowest BCUT2D eigenvalue weighted by atomic mass is 10.1. The van der Waals surface area contributed by atoms with Crippen LogP contribution in [0.5, 0.6) is 11.5 Å². The maximum Gasteiger partial charge on any atom is 0.205 e. The van der Waals surface area contributed by atoms with Crippen LogP contribution >= 0.6 is 11.3 Å². The zero-order chi connectivity index (χ0) is 17.1. The summed E-state index contributed by atoms with van der Waals surface area (Å²) in [5, 5.41) is 25.5. The van der Waals surface area contributed by atoms with Crippen LogP contribution in [0.1, 0.15) is 11.1 Å². The third-order valence-electron chi connectivity index (χ3n) is 3.55. The number of benzene rings is 2. The van der Waals surface area contributed by atoms with Gasteiger partial charge in [0, 0.05) is 18.0 Å². The molecule has 0 aliphatic rings. The summed E-state index contributed by atoms with van der Waals surface area (Å²) in [5.74, 6) is -0.326. The number of nitrogens with zero attached hydrogens (tertiary/aromatic N) is 3. The molecule has 24 heavy (non-hydrogen) atoms. The monoisotopic (exact) mass is 339 g/mol. The molecule has 0 bridgehead atoms. The highest BCUT2D eigenvalue weighted by molar-refractivity contribution is 7.07. The van der Waals surface area contributed by atoms with Crippen molar-refractivity contribution in [3.63, 3.8) is 0 Å². The summed E-state index contributed by atoms with van der Waals surface area (Å²) in [6.07, 6.45) is 1.62. The van der Waals surface area contributed by atoms with E-state index in [-0.39, 0.29) is 11.5 Å². The van der Waals surface area contributed by atoms with Gasteiger partial charge in [-0.05, 0) is 30.7 Å². The summed E-state index contributed by atoms with van der Waals surface area (Å²) in [5.41, 5.74) is 3.88. The van der Waals surface area contributed by atoms with Gasteiger partial charge in [-0.15, -0.1) is 11.3 Å². The van der Waals surface area contributed by atoms with Crippen LogP contribution in [-0.2, 0) is 0 Å². The molecule has 0 saturated heterocycles. The topological polar surface area (TPSA) is 70.1 Å². The minimum absolute atomic E-state index is 0.153. The molecule has 0 aliphatic carbocycles. The van der Waals surface area contributed by atoms with Crippen molar-refractivity contribution in [2.24, 2.45) is 10.1 Å². The molecular formula is C18H17N3O2S. The molecule has 3 rings (SSSR count). The quantitative estimate of drug-likeness (QED) is 0.567. The van der Waals surface area contributed by atoms with E-state index in [2.05, 4.69) is 34.4 Å². The second-order valence-electron chi connectivity index (χ2n) is 5.30. The van der Waals surface area contributed by atoms with Crippen LogP contribution < -0.4 is 4.80 Å². The van der Waals surface area contributed by atoms with E-state index in [0.29, 0.717) is 5.56 Å². The van der Waals surface area contributed by atoms with Gasteiger partial charge >= 0.3 is 0 Å². The van der Waals surface area contributed by atoms with Crippen LogP contribution in [0.3, 0.4) is 0 Å². The molecule has 0 fully saturated rings. The maximum atomic E-state index is 9.58. The molecule has 5 nitrogen and oxygen atoms in total. The lowest BCUT2D eigenvalue weighted by molar-refractivity contribution is 0.403. The molecule has 122 valence electrons. The Kier molecular flexibility index (Phi) is 4.48. The molecule has 2 aromatic carbocycles. The van der Waals surface area contributed by atoms with E-state index >= 15 is 0 Å². The molecule has 1 heterocycles. The van der Waals surface area contributed by atoms with Crippen molar-refractivity contribution >= 4 is 17.6 Å². The van der Waals surface area contributed by atoms with E-state index in [9.17, 15) is 10.2 Å². The Morgan fingerprint density at radius 3 is 2.46 bits per heavy atom. The lowest BCUT2D eigenvalue weighted by Crippen LogP contribution is -2.11. The van der Waals surface area contributed by atoms with E-state index in [0.717, 1.165) is 16.1 Å². The first-order valence-corrected chi connectivity index (χ1v) is 8.23. The minimum atomic E-state index is -0.173. The Morgan fingerprint density at radius 2 is 1.79 bits per heavy atom. The molecule has 3 aromatic rings. The van der Waals surface area contributed by atoms with E-state index in [1.54, 1.807) is 24.0 Å². The third kappa shape index (κ3) is 3.23. The van der Waals surface area contributed by atoms with Crippen molar-refractivity contribution in [2.75, 3.05) is 7.05 Å². The van der Waals surface area contributed by atoms with Crippen molar-refractivity contribution in [2.45, 2.75) is 6.92 Å². The summed E-state index contributed by atoms with van der Waals surface area (Å²) < 4.78 is 1.76. The summed E-state index contributed by atoms with van der Waals surface area (Å²) in [6.45, 7) is 2.05. The zero-order valence-electron chi connectivity index (χ0n) is 13.3. The van der Waals surface area contributed by atoms with Crippen molar-refractivity contribution in [1.29, 1.82) is 0 Å². The molecular weight excluding hydrogens is 322 g/mol. The highest BCUT2D eigenvalue weighted by Gasteiger charge is 2.07. The fourth-order valence-electron chi connectivity index (χ4n) is 2.23. The Bertz CT molecular complexity index is 953. The Balaban J connectivity index is 2.03. The van der Waals surface area contributed by atoms with Crippen molar-refractivity contribution in [1.82, 2.24) is 4.68 Å². The van der Waals surface area contributed by atoms with Gasteiger partial charge in [0.05, 0.1) is 11.9 Å². The molecule has 0 spiro atoms. The number of rotatable bonds is 3. The largest absolute Gasteiger partial charge is 0.504 e. The van der Waals surface area contributed by atoms with Gasteiger partial charge in [-0.25, -0.2) is 4.68 Å². The standard InChI is InChI=1S/C18H17N3O2S/c1-12-3-6-14(7-4-12)15-11-24-18(19-2)21(15)20-10-13-5-8-16(22)17(23)9-13/h3-11,22-23H,1-2H3/b19-18?,20-10+. The first-order chi connectivity index (χ1) is 11.6. The summed E-state index contributed by atoms with van der Waals surface area (Å²) in [4.78, 5) is 5.02. The normalized spacial score (nSPS) is 12.2. The number of thiazole rings is 1. The van der Waals surface area contributed by atoms with Gasteiger partial charge in [-0.2, -0.15) is 5.10 Å². The predicted molar refractivity (Wildman–Crippen MR) is 96.7 cm³/mol. The minimum Gasteiger partial charge on any atom is -0.504 e. The van der Waals surface area contributed by atoms with Crippen molar-refractivity contribution < 1.29 is 10.2 Å². The molecule has 6 heteroatoms. The van der Waals surface area contributed by atoms with E-state index in [4.69, 9.17) is 0 Å². The fourth-order valence-corrected chi connectivity index (χ4v) is 3.03. The number of hydrogen-bond donors (Lipinski definition) is 2. The third-order valence-corrected chi connectivity index (χ3v) is 4.45. The van der Waals surface area contributed by atoms with Crippen LogP contribution in [-0.4, -0.2) is 28.2 Å². The Hall–Kier alpha value is -2.86. The van der Waals surface area contributed by atoms with Gasteiger partial charge in [0.25, 0.3) is 0 Å². The molecule has 0 aliphatic heterocycles. The van der Waals surface area contributed by atoms with Crippen LogP contribution in [0.15, 0.2) is 57.9 Å². The molecule has 0 amide bonds. The van der Waals surface area contributed by atoms with Gasteiger partial charge in [0.1, 0.15) is 0 Å². The highest BCUT2D eigenvalue weighted by atomic mass is 32.1. The van der Waals surface area contributed by atoms with Crippen LogP contribution in [0, 0.1) is 6.92 Å². The summed E-state index contributed by atoms with van der Waals surface area (Å²) in [6, 6.07) is 12.8. The van der Waals surface area contributed by atoms with E-state index in [1.807, 2.05) is 12.3 Å². The lowest BCUT2D eigenvalue weighted by Gasteiger charge is -2.04. The average molecular weight is 339 g/mol. The second-order valence-corrected chi connectivity index (χ2v) is 6.13. The molecule has 0 radical (unpaired) electrons. The summed E-state index contributed by atoms with van der Waals surface area (Å²) in [7, 11) is 1.73. The smallest absolute Gasteiger partial charge is 0.205 e. The SMILES string of the molecule is CN=c1scc(-c2ccc(C)cc2)n1/N=C/c1ccc(O)c(O)c1. The first-order valence-electron chi connectivity index (χ1n) is 7.35. The van der Waals surface area contributed by atoms with Gasteiger partial charge in [-0.3, -0.25) is 4.99 Å². The molecule has 0 saturated carbocycles. The van der Waals surface area contributed by atoms with Crippen LogP contribution in [0.2, 0.25) is 0 Å². The molecule has 0 unspecified atom stereocenters. The Labute approximate surface area is 143 Å². The number of aromatic hydroxyl groups is 2. The van der Waals surface area contributed by atoms with Gasteiger partial charge < -0.3 is 10.2 Å². The van der Waals surface area contributed by atoms with Crippen molar-refractivity contribution in [3.05, 3.63) is 63.8 Å². The number of aromatic nitrogens is 1. The van der Waals surface area contributed by atoms with Gasteiger partial charge in [0.15, 0.2) is 11.5 Å². The second kappa shape index (κ2) is 6.72. The highest BCUT2D eigenvalue weighted by Crippen LogP contribution is 2.24. The molecule has 1 aromatic heterocycles. The first kappa shape index (κ1) is 16.0. The average Bonchev–Trinajstić information content (AvgIpc) is 2.99. The fraction of sp³-hybridized carbons (Fsp3) is 0.111. The molecule has 0 atom stereocenters. The van der Waals surface area contributed by atoms with Crippen LogP contribution in [0.4, 0.5) is 0 Å². The number of aryl methyl sites for hydroxylation is 1. The number of phenols is 2. The number of hydrogen-bond acceptors (Lipinski definition) is 5. The van der Waals surface area contributed by atoms with E-state index < -0.39 is 0 Å². The van der Waals surface area contributed by atoms with Gasteiger partial charge in [-0.1, -0.05) is 29.8 Å². The molecule has 2 N–H and O–H groups in total. The maximum absolute atomic E-state index is 9.58. The predicted octanol–water partition coefficient (Wildman–Crippen LogP) is 3.35. The van der Waals surface area contributed by atoms with Gasteiger partial charge in [0.2, 0.25) is 4.80 Å². The number of phenolic OH excluding ortho intramolecular Hbond substituents is 2. The van der Waals surface area contributed by atoms with Crippen LogP contribution in [0.25, 0.3) is 11.3 Å². The zero-order valence-corrected chi connectivity index (χ0v) is 14.2. The van der Waals surface area contributed by atoms with E-state index in [1.165, 1.54) is 29.0 Å². The summed E-state index contributed by atoms with van der Waals surface area (Å²) >= 11 is 1.51. The van der Waals surface area contributed by atoms with Crippen molar-refractivity contribution in [3.8, 4) is 22.8 Å². The Morgan fingerprint density at radius 1 is 1.04 bits per heavy atom.